The number of hydrogen-bond donors (Lipinski definition) is 0. The van der Waals surface area contributed by atoms with Gasteiger partial charge in [0.05, 0.1) is 11.6 Å². The van der Waals surface area contributed by atoms with Crippen LogP contribution in [-0.2, 0) is 6.61 Å². The van der Waals surface area contributed by atoms with E-state index in [1.54, 1.807) is 18.3 Å². The number of halogens is 3. The number of nitrogens with zero attached hydrogens (tertiary/aromatic N) is 2. The van der Waals surface area contributed by atoms with Gasteiger partial charge in [0.25, 0.3) is 0 Å². The second-order valence-corrected chi connectivity index (χ2v) is 5.63. The van der Waals surface area contributed by atoms with Gasteiger partial charge in [-0.2, -0.15) is 5.26 Å². The zero-order valence-electron chi connectivity index (χ0n) is 9.53. The molecule has 0 saturated carbocycles. The van der Waals surface area contributed by atoms with Crippen LogP contribution in [0.5, 0.6) is 5.75 Å². The second-order valence-electron chi connectivity index (χ2n) is 3.69. The number of pyridine rings is 1. The summed E-state index contributed by atoms with van der Waals surface area (Å²) in [7, 11) is 0. The van der Waals surface area contributed by atoms with E-state index in [-0.39, 0.29) is 12.2 Å². The summed E-state index contributed by atoms with van der Waals surface area (Å²) in [6, 6.07) is 7.83. The van der Waals surface area contributed by atoms with Gasteiger partial charge >= 0.3 is 0 Å². The standard InChI is InChI=1S/C13H7BrFIN2O/c14-10-4-12(13(16)18-6-10)19-7-9-1-8(5-17)2-11(15)3-9/h1-4,6H,7H2. The lowest BCUT2D eigenvalue weighted by Crippen LogP contribution is -1.99. The normalized spacial score (nSPS) is 10.0. The van der Waals surface area contributed by atoms with Crippen LogP contribution in [0.4, 0.5) is 4.39 Å². The Morgan fingerprint density at radius 1 is 1.37 bits per heavy atom. The molecule has 0 aliphatic carbocycles. The van der Waals surface area contributed by atoms with Crippen molar-refractivity contribution in [1.29, 1.82) is 5.26 Å². The van der Waals surface area contributed by atoms with E-state index in [0.717, 1.165) is 8.17 Å². The number of aromatic nitrogens is 1. The number of rotatable bonds is 3. The van der Waals surface area contributed by atoms with Crippen molar-refractivity contribution in [2.75, 3.05) is 0 Å². The molecule has 0 unspecified atom stereocenters. The molecule has 19 heavy (non-hydrogen) atoms. The Labute approximate surface area is 131 Å². The molecule has 0 saturated heterocycles. The highest BCUT2D eigenvalue weighted by molar-refractivity contribution is 14.1. The molecule has 1 heterocycles. The molecule has 0 aliphatic heterocycles. The van der Waals surface area contributed by atoms with Crippen molar-refractivity contribution in [2.45, 2.75) is 6.61 Å². The Morgan fingerprint density at radius 2 is 2.16 bits per heavy atom. The lowest BCUT2D eigenvalue weighted by molar-refractivity contribution is 0.301. The molecule has 0 amide bonds. The minimum Gasteiger partial charge on any atom is -0.486 e. The molecule has 0 radical (unpaired) electrons. The molecule has 0 aliphatic rings. The Balaban J connectivity index is 2.17. The monoisotopic (exact) mass is 432 g/mol. The third-order valence-corrected chi connectivity index (χ3v) is 3.50. The first-order valence-corrected chi connectivity index (χ1v) is 7.09. The zero-order valence-corrected chi connectivity index (χ0v) is 13.3. The van der Waals surface area contributed by atoms with E-state index in [2.05, 4.69) is 43.5 Å². The first-order chi connectivity index (χ1) is 9.08. The molecule has 0 bridgehead atoms. The van der Waals surface area contributed by atoms with Crippen LogP contribution in [0.1, 0.15) is 11.1 Å². The van der Waals surface area contributed by atoms with Crippen LogP contribution >= 0.6 is 38.5 Å². The SMILES string of the molecule is N#Cc1cc(F)cc(COc2cc(Br)cnc2I)c1. The van der Waals surface area contributed by atoms with Crippen molar-refractivity contribution >= 4 is 38.5 Å². The average Bonchev–Trinajstić information content (AvgIpc) is 2.39. The minimum atomic E-state index is -0.445. The van der Waals surface area contributed by atoms with Gasteiger partial charge in [-0.1, -0.05) is 0 Å². The fraction of sp³-hybridized carbons (Fsp3) is 0.0769. The lowest BCUT2D eigenvalue weighted by Gasteiger charge is -2.08. The van der Waals surface area contributed by atoms with Crippen molar-refractivity contribution in [3.8, 4) is 11.8 Å². The highest BCUT2D eigenvalue weighted by Gasteiger charge is 2.06. The van der Waals surface area contributed by atoms with Crippen LogP contribution < -0.4 is 4.74 Å². The van der Waals surface area contributed by atoms with Gasteiger partial charge in [0.15, 0.2) is 5.75 Å². The molecule has 1 aromatic heterocycles. The van der Waals surface area contributed by atoms with Gasteiger partial charge in [0.2, 0.25) is 0 Å². The van der Waals surface area contributed by atoms with E-state index in [0.29, 0.717) is 11.3 Å². The number of nitriles is 1. The third-order valence-electron chi connectivity index (χ3n) is 2.25. The van der Waals surface area contributed by atoms with E-state index in [4.69, 9.17) is 10.00 Å². The third kappa shape index (κ3) is 3.88. The van der Waals surface area contributed by atoms with E-state index in [1.165, 1.54) is 12.1 Å². The quantitative estimate of drug-likeness (QED) is 0.543. The smallest absolute Gasteiger partial charge is 0.152 e. The summed E-state index contributed by atoms with van der Waals surface area (Å²) in [5.74, 6) is 0.164. The lowest BCUT2D eigenvalue weighted by atomic mass is 10.1. The van der Waals surface area contributed by atoms with Crippen LogP contribution in [0.25, 0.3) is 0 Å². The summed E-state index contributed by atoms with van der Waals surface area (Å²) in [6.07, 6.45) is 1.67. The molecule has 0 spiro atoms. The fourth-order valence-electron chi connectivity index (χ4n) is 1.46. The Hall–Kier alpha value is -1.20. The largest absolute Gasteiger partial charge is 0.486 e. The maximum atomic E-state index is 13.3. The van der Waals surface area contributed by atoms with Gasteiger partial charge in [0, 0.05) is 10.7 Å². The Morgan fingerprint density at radius 3 is 2.89 bits per heavy atom. The first kappa shape index (κ1) is 14.2. The Kier molecular flexibility index (Phi) is 4.71. The van der Waals surface area contributed by atoms with Gasteiger partial charge in [-0.25, -0.2) is 9.37 Å². The molecular weight excluding hydrogens is 426 g/mol. The van der Waals surface area contributed by atoms with Crippen molar-refractivity contribution in [2.24, 2.45) is 0 Å². The van der Waals surface area contributed by atoms with Gasteiger partial charge in [-0.05, 0) is 68.3 Å². The maximum Gasteiger partial charge on any atom is 0.152 e. The van der Waals surface area contributed by atoms with Crippen molar-refractivity contribution in [3.05, 3.63) is 55.6 Å². The number of benzene rings is 1. The molecule has 3 nitrogen and oxygen atoms in total. The molecule has 0 fully saturated rings. The molecule has 1 aromatic carbocycles. The summed E-state index contributed by atoms with van der Waals surface area (Å²) in [6.45, 7) is 0.181. The van der Waals surface area contributed by atoms with Crippen LogP contribution in [-0.4, -0.2) is 4.98 Å². The molecule has 6 heteroatoms. The summed E-state index contributed by atoms with van der Waals surface area (Å²) in [4.78, 5) is 4.13. The van der Waals surface area contributed by atoms with E-state index in [9.17, 15) is 4.39 Å². The van der Waals surface area contributed by atoms with Crippen LogP contribution in [0, 0.1) is 20.8 Å². The van der Waals surface area contributed by atoms with Crippen LogP contribution in [0.3, 0.4) is 0 Å². The second kappa shape index (κ2) is 6.30. The predicted molar refractivity (Wildman–Crippen MR) is 80.1 cm³/mol. The highest BCUT2D eigenvalue weighted by atomic mass is 127. The Bertz CT molecular complexity index is 658. The molecule has 0 atom stereocenters. The summed E-state index contributed by atoms with van der Waals surface area (Å²) >= 11 is 5.37. The van der Waals surface area contributed by atoms with E-state index >= 15 is 0 Å². The van der Waals surface area contributed by atoms with Crippen molar-refractivity contribution < 1.29 is 9.13 Å². The summed E-state index contributed by atoms with van der Waals surface area (Å²) < 4.78 is 20.4. The van der Waals surface area contributed by atoms with Gasteiger partial charge in [0.1, 0.15) is 16.1 Å². The van der Waals surface area contributed by atoms with Gasteiger partial charge < -0.3 is 4.74 Å². The van der Waals surface area contributed by atoms with Gasteiger partial charge in [-0.15, -0.1) is 0 Å². The zero-order chi connectivity index (χ0) is 13.8. The average molecular weight is 433 g/mol. The van der Waals surface area contributed by atoms with E-state index in [1.807, 2.05) is 6.07 Å². The van der Waals surface area contributed by atoms with Crippen LogP contribution in [0.15, 0.2) is 34.9 Å². The van der Waals surface area contributed by atoms with Crippen molar-refractivity contribution in [3.63, 3.8) is 0 Å². The molecule has 96 valence electrons. The minimum absolute atomic E-state index is 0.181. The maximum absolute atomic E-state index is 13.3. The highest BCUT2D eigenvalue weighted by Crippen LogP contribution is 2.23. The molecule has 0 N–H and O–H groups in total. The molecule has 2 aromatic rings. The number of hydrogen-bond acceptors (Lipinski definition) is 3. The van der Waals surface area contributed by atoms with Crippen molar-refractivity contribution in [1.82, 2.24) is 4.98 Å². The topological polar surface area (TPSA) is 45.9 Å². The number of ether oxygens (including phenoxy) is 1. The summed E-state index contributed by atoms with van der Waals surface area (Å²) in [5.41, 5.74) is 0.882. The van der Waals surface area contributed by atoms with Crippen LogP contribution in [0.2, 0.25) is 0 Å². The first-order valence-electron chi connectivity index (χ1n) is 5.22. The molecule has 2 rings (SSSR count). The predicted octanol–water partition coefficient (Wildman–Crippen LogP) is 4.04. The van der Waals surface area contributed by atoms with Gasteiger partial charge in [-0.3, -0.25) is 0 Å². The fourth-order valence-corrected chi connectivity index (χ4v) is 2.23. The molecular formula is C13H7BrFIN2O. The van der Waals surface area contributed by atoms with E-state index < -0.39 is 5.82 Å². The summed E-state index contributed by atoms with van der Waals surface area (Å²) in [5, 5.41) is 8.78.